The molecule has 0 spiro atoms. The number of aryl methyl sites for hydroxylation is 1. The zero-order valence-corrected chi connectivity index (χ0v) is 7.97. The van der Waals surface area contributed by atoms with Crippen molar-refractivity contribution in [1.29, 1.82) is 0 Å². The van der Waals surface area contributed by atoms with Crippen molar-refractivity contribution in [2.45, 2.75) is 20.5 Å². The van der Waals surface area contributed by atoms with Crippen LogP contribution in [-0.4, -0.2) is 6.61 Å². The second kappa shape index (κ2) is 3.69. The maximum Gasteiger partial charge on any atom is 0.387 e. The summed E-state index contributed by atoms with van der Waals surface area (Å²) in [6, 6.07) is 1.51. The second-order valence-corrected chi connectivity index (χ2v) is 3.03. The molecule has 0 aliphatic heterocycles. The first-order chi connectivity index (χ1) is 6.43. The van der Waals surface area contributed by atoms with E-state index in [2.05, 4.69) is 4.74 Å². The minimum atomic E-state index is -2.85. The van der Waals surface area contributed by atoms with E-state index >= 15 is 0 Å². The van der Waals surface area contributed by atoms with Crippen LogP contribution in [0, 0.1) is 13.8 Å². The highest BCUT2D eigenvalue weighted by Crippen LogP contribution is 2.33. The van der Waals surface area contributed by atoms with Gasteiger partial charge in [-0.2, -0.15) is 8.78 Å². The lowest BCUT2D eigenvalue weighted by Crippen LogP contribution is -2.07. The smallest absolute Gasteiger partial charge is 0.387 e. The topological polar surface area (TPSA) is 61.3 Å². The fourth-order valence-electron chi connectivity index (χ4n) is 1.28. The number of benzene rings is 1. The predicted molar refractivity (Wildman–Crippen MR) is 51.4 cm³/mol. The van der Waals surface area contributed by atoms with Crippen molar-refractivity contribution in [1.82, 2.24) is 0 Å². The zero-order valence-electron chi connectivity index (χ0n) is 7.97. The lowest BCUT2D eigenvalue weighted by Gasteiger charge is -2.14. The molecule has 4 N–H and O–H groups in total. The molecule has 0 atom stereocenters. The molecular weight excluding hydrogens is 190 g/mol. The fraction of sp³-hybridized carbons (Fsp3) is 0.333. The van der Waals surface area contributed by atoms with Crippen LogP contribution in [0.5, 0.6) is 5.75 Å². The molecule has 14 heavy (non-hydrogen) atoms. The largest absolute Gasteiger partial charge is 0.434 e. The molecule has 1 rings (SSSR count). The first-order valence-electron chi connectivity index (χ1n) is 4.03. The van der Waals surface area contributed by atoms with E-state index < -0.39 is 6.61 Å². The van der Waals surface area contributed by atoms with Crippen molar-refractivity contribution in [2.75, 3.05) is 11.5 Å². The first kappa shape index (κ1) is 10.6. The standard InChI is InChI=1S/C9H12F2N2O/c1-4-3-6(12)7(13)5(2)8(4)14-9(10)11/h3,9H,12-13H2,1-2H3. The van der Waals surface area contributed by atoms with Gasteiger partial charge in [-0.15, -0.1) is 0 Å². The average molecular weight is 202 g/mol. The summed E-state index contributed by atoms with van der Waals surface area (Å²) in [5.41, 5.74) is 12.8. The van der Waals surface area contributed by atoms with Crippen LogP contribution in [0.1, 0.15) is 11.1 Å². The summed E-state index contributed by atoms with van der Waals surface area (Å²) in [5.74, 6) is 0.103. The highest BCUT2D eigenvalue weighted by molar-refractivity contribution is 5.72. The van der Waals surface area contributed by atoms with Crippen molar-refractivity contribution in [3.05, 3.63) is 17.2 Å². The van der Waals surface area contributed by atoms with Crippen LogP contribution in [0.25, 0.3) is 0 Å². The Morgan fingerprint density at radius 2 is 1.86 bits per heavy atom. The maximum atomic E-state index is 12.0. The van der Waals surface area contributed by atoms with Gasteiger partial charge in [-0.25, -0.2) is 0 Å². The number of hydrogen-bond acceptors (Lipinski definition) is 3. The lowest BCUT2D eigenvalue weighted by molar-refractivity contribution is -0.0506. The molecule has 0 amide bonds. The first-order valence-corrected chi connectivity index (χ1v) is 4.03. The van der Waals surface area contributed by atoms with Gasteiger partial charge >= 0.3 is 6.61 Å². The van der Waals surface area contributed by atoms with Gasteiger partial charge in [0.25, 0.3) is 0 Å². The minimum absolute atomic E-state index is 0.103. The molecule has 5 heteroatoms. The molecule has 0 fully saturated rings. The summed E-state index contributed by atoms with van der Waals surface area (Å²) in [5, 5.41) is 0. The predicted octanol–water partition coefficient (Wildman–Crippen LogP) is 2.07. The van der Waals surface area contributed by atoms with Gasteiger partial charge in [0.1, 0.15) is 5.75 Å². The van der Waals surface area contributed by atoms with Crippen LogP contribution in [0.3, 0.4) is 0 Å². The van der Waals surface area contributed by atoms with Crippen LogP contribution in [-0.2, 0) is 0 Å². The molecule has 0 saturated carbocycles. The van der Waals surface area contributed by atoms with Crippen molar-refractivity contribution in [2.24, 2.45) is 0 Å². The van der Waals surface area contributed by atoms with E-state index in [4.69, 9.17) is 11.5 Å². The zero-order chi connectivity index (χ0) is 10.9. The Morgan fingerprint density at radius 1 is 1.29 bits per heavy atom. The van der Waals surface area contributed by atoms with Crippen molar-refractivity contribution >= 4 is 11.4 Å². The Balaban J connectivity index is 3.22. The molecule has 0 unspecified atom stereocenters. The van der Waals surface area contributed by atoms with Gasteiger partial charge in [-0.05, 0) is 25.5 Å². The third-order valence-corrected chi connectivity index (χ3v) is 1.99. The van der Waals surface area contributed by atoms with Gasteiger partial charge in [0.05, 0.1) is 11.4 Å². The molecular formula is C9H12F2N2O. The molecule has 78 valence electrons. The molecule has 0 bridgehead atoms. The Bertz CT molecular complexity index is 353. The van der Waals surface area contributed by atoms with Crippen LogP contribution >= 0.6 is 0 Å². The Labute approximate surface area is 80.7 Å². The number of hydrogen-bond donors (Lipinski definition) is 2. The number of anilines is 2. The van der Waals surface area contributed by atoms with Gasteiger partial charge in [0, 0.05) is 5.56 Å². The number of alkyl halides is 2. The van der Waals surface area contributed by atoms with E-state index in [1.54, 1.807) is 13.8 Å². The van der Waals surface area contributed by atoms with E-state index in [0.717, 1.165) is 0 Å². The molecule has 0 aromatic heterocycles. The second-order valence-electron chi connectivity index (χ2n) is 3.03. The average Bonchev–Trinajstić information content (AvgIpc) is 2.09. The number of ether oxygens (including phenoxy) is 1. The lowest BCUT2D eigenvalue weighted by atomic mass is 10.1. The molecule has 0 radical (unpaired) electrons. The summed E-state index contributed by atoms with van der Waals surface area (Å²) in [6.45, 7) is 0.382. The van der Waals surface area contributed by atoms with E-state index in [1.807, 2.05) is 0 Å². The fourth-order valence-corrected chi connectivity index (χ4v) is 1.28. The highest BCUT2D eigenvalue weighted by atomic mass is 19.3. The normalized spacial score (nSPS) is 10.6. The van der Waals surface area contributed by atoms with E-state index in [0.29, 0.717) is 16.8 Å². The molecule has 0 saturated heterocycles. The molecule has 1 aromatic carbocycles. The van der Waals surface area contributed by atoms with Gasteiger partial charge < -0.3 is 16.2 Å². The Kier molecular flexibility index (Phi) is 2.78. The summed E-state index contributed by atoms with van der Waals surface area (Å²) in [6.07, 6.45) is 0. The van der Waals surface area contributed by atoms with E-state index in [1.165, 1.54) is 6.07 Å². The third-order valence-electron chi connectivity index (χ3n) is 1.99. The quantitative estimate of drug-likeness (QED) is 0.721. The molecule has 3 nitrogen and oxygen atoms in total. The molecule has 0 aliphatic carbocycles. The van der Waals surface area contributed by atoms with E-state index in [-0.39, 0.29) is 11.4 Å². The summed E-state index contributed by atoms with van der Waals surface area (Å²) in [7, 11) is 0. The number of rotatable bonds is 2. The number of nitrogens with two attached hydrogens (primary N) is 2. The maximum absolute atomic E-state index is 12.0. The Morgan fingerprint density at radius 3 is 2.36 bits per heavy atom. The minimum Gasteiger partial charge on any atom is -0.434 e. The van der Waals surface area contributed by atoms with Crippen molar-refractivity contribution in [3.8, 4) is 5.75 Å². The van der Waals surface area contributed by atoms with Gasteiger partial charge in [0.2, 0.25) is 0 Å². The summed E-state index contributed by atoms with van der Waals surface area (Å²) < 4.78 is 28.4. The third kappa shape index (κ3) is 1.86. The van der Waals surface area contributed by atoms with Gasteiger partial charge in [-0.1, -0.05) is 0 Å². The Hall–Kier alpha value is -1.52. The monoisotopic (exact) mass is 202 g/mol. The summed E-state index contributed by atoms with van der Waals surface area (Å²) >= 11 is 0. The van der Waals surface area contributed by atoms with Gasteiger partial charge in [0.15, 0.2) is 0 Å². The van der Waals surface area contributed by atoms with E-state index in [9.17, 15) is 8.78 Å². The van der Waals surface area contributed by atoms with Crippen molar-refractivity contribution in [3.63, 3.8) is 0 Å². The summed E-state index contributed by atoms with van der Waals surface area (Å²) in [4.78, 5) is 0. The van der Waals surface area contributed by atoms with Crippen LogP contribution in [0.4, 0.5) is 20.2 Å². The van der Waals surface area contributed by atoms with Crippen LogP contribution in [0.15, 0.2) is 6.07 Å². The highest BCUT2D eigenvalue weighted by Gasteiger charge is 2.14. The van der Waals surface area contributed by atoms with Crippen LogP contribution < -0.4 is 16.2 Å². The molecule has 1 aromatic rings. The number of nitrogen functional groups attached to an aromatic ring is 2. The van der Waals surface area contributed by atoms with Gasteiger partial charge in [-0.3, -0.25) is 0 Å². The van der Waals surface area contributed by atoms with Crippen molar-refractivity contribution < 1.29 is 13.5 Å². The SMILES string of the molecule is Cc1cc(N)c(N)c(C)c1OC(F)F. The molecule has 0 heterocycles. The van der Waals surface area contributed by atoms with Crippen LogP contribution in [0.2, 0.25) is 0 Å². The number of halogens is 2. The molecule has 0 aliphatic rings.